The summed E-state index contributed by atoms with van der Waals surface area (Å²) in [4.78, 5) is 12.7. The van der Waals surface area contributed by atoms with Crippen molar-refractivity contribution >= 4 is 23.6 Å². The van der Waals surface area contributed by atoms with E-state index in [1.807, 2.05) is 60.9 Å². The van der Waals surface area contributed by atoms with Gasteiger partial charge in [0.25, 0.3) is 5.91 Å². The minimum absolute atomic E-state index is 0.0174. The van der Waals surface area contributed by atoms with Crippen molar-refractivity contribution < 1.29 is 14.3 Å². The molecule has 0 aliphatic heterocycles. The standard InChI is InChI=1S/C25H24ClN3O3/c1-16-10-19(17(2)29(16)22-7-5-6-21(26)12-22)11-20(14-27)25(30)28-15-18-8-9-23(31-3)13-24(18)32-4/h5-13H,15H2,1-4H3,(H,28,30)/b20-11+. The lowest BCUT2D eigenvalue weighted by atomic mass is 10.1. The number of amides is 1. The molecule has 0 saturated carbocycles. The Balaban J connectivity index is 1.83. The van der Waals surface area contributed by atoms with Crippen LogP contribution in [0.5, 0.6) is 11.5 Å². The van der Waals surface area contributed by atoms with Crippen molar-refractivity contribution in [3.05, 3.63) is 81.6 Å². The van der Waals surface area contributed by atoms with Crippen LogP contribution in [0.1, 0.15) is 22.5 Å². The number of halogens is 1. The number of nitrogens with zero attached hydrogens (tertiary/aromatic N) is 2. The predicted octanol–water partition coefficient (Wildman–Crippen LogP) is 4.99. The molecule has 1 aromatic heterocycles. The first kappa shape index (κ1) is 23.0. The van der Waals surface area contributed by atoms with Gasteiger partial charge in [0.1, 0.15) is 23.1 Å². The highest BCUT2D eigenvalue weighted by Crippen LogP contribution is 2.26. The van der Waals surface area contributed by atoms with Crippen LogP contribution in [-0.4, -0.2) is 24.7 Å². The summed E-state index contributed by atoms with van der Waals surface area (Å²) in [6.07, 6.45) is 1.60. The molecule has 0 aliphatic rings. The Labute approximate surface area is 192 Å². The van der Waals surface area contributed by atoms with E-state index in [-0.39, 0.29) is 12.1 Å². The molecule has 0 atom stereocenters. The van der Waals surface area contributed by atoms with Crippen LogP contribution in [0.2, 0.25) is 5.02 Å². The smallest absolute Gasteiger partial charge is 0.262 e. The van der Waals surface area contributed by atoms with Gasteiger partial charge in [-0.3, -0.25) is 4.79 Å². The third-order valence-electron chi connectivity index (χ3n) is 5.14. The van der Waals surface area contributed by atoms with Crippen molar-refractivity contribution in [1.29, 1.82) is 5.26 Å². The molecule has 1 amide bonds. The second kappa shape index (κ2) is 10.1. The van der Waals surface area contributed by atoms with Crippen LogP contribution in [0, 0.1) is 25.2 Å². The minimum atomic E-state index is -0.460. The van der Waals surface area contributed by atoms with Gasteiger partial charge in [-0.25, -0.2) is 0 Å². The number of carbonyl (C=O) groups is 1. The van der Waals surface area contributed by atoms with Gasteiger partial charge in [-0.15, -0.1) is 0 Å². The van der Waals surface area contributed by atoms with E-state index in [2.05, 4.69) is 5.32 Å². The van der Waals surface area contributed by atoms with Crippen molar-refractivity contribution in [3.63, 3.8) is 0 Å². The van der Waals surface area contributed by atoms with Gasteiger partial charge in [0.15, 0.2) is 0 Å². The van der Waals surface area contributed by atoms with Crippen molar-refractivity contribution in [3.8, 4) is 23.3 Å². The molecule has 0 radical (unpaired) electrons. The molecule has 2 aromatic carbocycles. The molecular weight excluding hydrogens is 426 g/mol. The lowest BCUT2D eigenvalue weighted by Crippen LogP contribution is -2.24. The Kier molecular flexibility index (Phi) is 7.24. The van der Waals surface area contributed by atoms with Crippen molar-refractivity contribution in [2.75, 3.05) is 14.2 Å². The van der Waals surface area contributed by atoms with E-state index in [1.54, 1.807) is 32.4 Å². The third kappa shape index (κ3) is 4.96. The summed E-state index contributed by atoms with van der Waals surface area (Å²) < 4.78 is 12.6. The summed E-state index contributed by atoms with van der Waals surface area (Å²) in [7, 11) is 3.12. The summed E-state index contributed by atoms with van der Waals surface area (Å²) in [5, 5.41) is 13.0. The van der Waals surface area contributed by atoms with Gasteiger partial charge in [0.05, 0.1) is 14.2 Å². The highest BCUT2D eigenvalue weighted by atomic mass is 35.5. The largest absolute Gasteiger partial charge is 0.497 e. The van der Waals surface area contributed by atoms with Crippen LogP contribution in [0.15, 0.2) is 54.1 Å². The summed E-state index contributed by atoms with van der Waals surface area (Å²) in [6, 6.07) is 16.8. The number of methoxy groups -OCH3 is 2. The highest BCUT2D eigenvalue weighted by Gasteiger charge is 2.15. The fraction of sp³-hybridized carbons (Fsp3) is 0.200. The summed E-state index contributed by atoms with van der Waals surface area (Å²) in [6.45, 7) is 4.12. The van der Waals surface area contributed by atoms with Crippen LogP contribution < -0.4 is 14.8 Å². The Morgan fingerprint density at radius 3 is 2.59 bits per heavy atom. The first-order chi connectivity index (χ1) is 15.4. The van der Waals surface area contributed by atoms with E-state index < -0.39 is 5.91 Å². The molecule has 0 unspecified atom stereocenters. The molecule has 164 valence electrons. The normalized spacial score (nSPS) is 11.1. The zero-order valence-electron chi connectivity index (χ0n) is 18.4. The molecule has 0 spiro atoms. The van der Waals surface area contributed by atoms with E-state index in [0.29, 0.717) is 16.5 Å². The van der Waals surface area contributed by atoms with Gasteiger partial charge in [-0.05, 0) is 61.9 Å². The van der Waals surface area contributed by atoms with Crippen molar-refractivity contribution in [2.45, 2.75) is 20.4 Å². The second-order valence-electron chi connectivity index (χ2n) is 7.17. The van der Waals surface area contributed by atoms with Gasteiger partial charge in [0, 0.05) is 40.3 Å². The number of aryl methyl sites for hydroxylation is 1. The number of hydrogen-bond donors (Lipinski definition) is 1. The molecule has 1 N–H and O–H groups in total. The quantitative estimate of drug-likeness (QED) is 0.407. The molecule has 0 saturated heterocycles. The van der Waals surface area contributed by atoms with Gasteiger partial charge < -0.3 is 19.4 Å². The molecule has 32 heavy (non-hydrogen) atoms. The van der Waals surface area contributed by atoms with E-state index in [0.717, 1.165) is 28.2 Å². The Morgan fingerprint density at radius 2 is 1.94 bits per heavy atom. The predicted molar refractivity (Wildman–Crippen MR) is 125 cm³/mol. The molecule has 0 aliphatic carbocycles. The zero-order chi connectivity index (χ0) is 23.3. The summed E-state index contributed by atoms with van der Waals surface area (Å²) >= 11 is 6.14. The zero-order valence-corrected chi connectivity index (χ0v) is 19.2. The lowest BCUT2D eigenvalue weighted by molar-refractivity contribution is -0.117. The SMILES string of the molecule is COc1ccc(CNC(=O)/C(C#N)=C/c2cc(C)n(-c3cccc(Cl)c3)c2C)c(OC)c1. The van der Waals surface area contributed by atoms with E-state index in [4.69, 9.17) is 21.1 Å². The number of hydrogen-bond acceptors (Lipinski definition) is 4. The van der Waals surface area contributed by atoms with Crippen LogP contribution >= 0.6 is 11.6 Å². The van der Waals surface area contributed by atoms with Crippen LogP contribution in [-0.2, 0) is 11.3 Å². The van der Waals surface area contributed by atoms with Crippen molar-refractivity contribution in [2.24, 2.45) is 0 Å². The van der Waals surface area contributed by atoms with E-state index in [1.165, 1.54) is 0 Å². The molecule has 0 bridgehead atoms. The average molecular weight is 450 g/mol. The van der Waals surface area contributed by atoms with Crippen molar-refractivity contribution in [1.82, 2.24) is 9.88 Å². The molecule has 1 heterocycles. The maximum Gasteiger partial charge on any atom is 0.262 e. The average Bonchev–Trinajstić information content (AvgIpc) is 3.08. The van der Waals surface area contributed by atoms with Crippen LogP contribution in [0.4, 0.5) is 0 Å². The topological polar surface area (TPSA) is 76.3 Å². The Bertz CT molecular complexity index is 1220. The molecule has 6 nitrogen and oxygen atoms in total. The number of aromatic nitrogens is 1. The van der Waals surface area contributed by atoms with Gasteiger partial charge in [-0.1, -0.05) is 17.7 Å². The second-order valence-corrected chi connectivity index (χ2v) is 7.61. The molecular formula is C25H24ClN3O3. The number of benzene rings is 2. The molecule has 3 aromatic rings. The van der Waals surface area contributed by atoms with E-state index >= 15 is 0 Å². The first-order valence-corrected chi connectivity index (χ1v) is 10.3. The fourth-order valence-corrected chi connectivity index (χ4v) is 3.70. The highest BCUT2D eigenvalue weighted by molar-refractivity contribution is 6.30. The monoisotopic (exact) mass is 449 g/mol. The summed E-state index contributed by atoms with van der Waals surface area (Å²) in [5.41, 5.74) is 4.37. The number of ether oxygens (including phenoxy) is 2. The van der Waals surface area contributed by atoms with E-state index in [9.17, 15) is 10.1 Å². The number of carbonyl (C=O) groups excluding carboxylic acids is 1. The van der Waals surface area contributed by atoms with Gasteiger partial charge in [-0.2, -0.15) is 5.26 Å². The fourth-order valence-electron chi connectivity index (χ4n) is 3.52. The Morgan fingerprint density at radius 1 is 1.16 bits per heavy atom. The number of rotatable bonds is 7. The van der Waals surface area contributed by atoms with Gasteiger partial charge >= 0.3 is 0 Å². The summed E-state index contributed by atoms with van der Waals surface area (Å²) in [5.74, 6) is 0.791. The molecule has 0 fully saturated rings. The molecule has 3 rings (SSSR count). The minimum Gasteiger partial charge on any atom is -0.497 e. The lowest BCUT2D eigenvalue weighted by Gasteiger charge is -2.11. The number of nitrogens with one attached hydrogen (secondary N) is 1. The number of nitriles is 1. The Hall–Kier alpha value is -3.69. The van der Waals surface area contributed by atoms with Gasteiger partial charge in [0.2, 0.25) is 0 Å². The third-order valence-corrected chi connectivity index (χ3v) is 5.37. The van der Waals surface area contributed by atoms with Crippen LogP contribution in [0.3, 0.4) is 0 Å². The maximum atomic E-state index is 12.7. The van der Waals surface area contributed by atoms with Crippen LogP contribution in [0.25, 0.3) is 11.8 Å². The first-order valence-electron chi connectivity index (χ1n) is 9.93. The maximum absolute atomic E-state index is 12.7. The molecule has 7 heteroatoms.